The number of hydrogen-bond acceptors (Lipinski definition) is 5. The Hall–Kier alpha value is -3.08. The molecule has 0 saturated carbocycles. The molecule has 1 atom stereocenters. The maximum absolute atomic E-state index is 13.7. The Balaban J connectivity index is 1.69. The van der Waals surface area contributed by atoms with E-state index in [1.54, 1.807) is 24.0 Å². The highest BCUT2D eigenvalue weighted by Crippen LogP contribution is 2.37. The van der Waals surface area contributed by atoms with Crippen LogP contribution in [-0.2, 0) is 28.7 Å². The van der Waals surface area contributed by atoms with Crippen molar-refractivity contribution in [2.24, 2.45) is 5.92 Å². The van der Waals surface area contributed by atoms with Gasteiger partial charge >= 0.3 is 6.18 Å². The molecular formula is C22H26F3N5O3. The fraction of sp³-hybridized carbons (Fsp3) is 0.500. The number of alkyl halides is 3. The summed E-state index contributed by atoms with van der Waals surface area (Å²) in [6.07, 6.45) is -2.43. The van der Waals surface area contributed by atoms with Gasteiger partial charge in [-0.2, -0.15) is 18.3 Å². The van der Waals surface area contributed by atoms with Gasteiger partial charge in [-0.25, -0.2) is 0 Å². The van der Waals surface area contributed by atoms with Gasteiger partial charge in [0.25, 0.3) is 11.9 Å². The van der Waals surface area contributed by atoms with Gasteiger partial charge in [0, 0.05) is 49.5 Å². The van der Waals surface area contributed by atoms with Crippen molar-refractivity contribution < 1.29 is 27.4 Å². The topological polar surface area (TPSA) is 92.5 Å². The van der Waals surface area contributed by atoms with Gasteiger partial charge < -0.3 is 19.7 Å². The SMILES string of the molecule is CCn1cc(-c2cc(CN3CCOC3=N)cc(C(=O)NCC3CCOC3)c2)c(C(F)(F)F)n1. The minimum atomic E-state index is -4.64. The van der Waals surface area contributed by atoms with Gasteiger partial charge in [0.05, 0.1) is 13.2 Å². The maximum Gasteiger partial charge on any atom is 0.435 e. The third-order valence-corrected chi connectivity index (χ3v) is 5.76. The molecule has 178 valence electrons. The van der Waals surface area contributed by atoms with E-state index in [1.807, 2.05) is 0 Å². The first kappa shape index (κ1) is 23.1. The number of amides is 1. The average Bonchev–Trinajstić information content (AvgIpc) is 3.53. The fourth-order valence-corrected chi connectivity index (χ4v) is 3.97. The zero-order valence-corrected chi connectivity index (χ0v) is 18.2. The number of halogens is 3. The van der Waals surface area contributed by atoms with Gasteiger partial charge in [-0.15, -0.1) is 0 Å². The van der Waals surface area contributed by atoms with E-state index in [-0.39, 0.29) is 47.6 Å². The van der Waals surface area contributed by atoms with Gasteiger partial charge in [0.1, 0.15) is 6.61 Å². The van der Waals surface area contributed by atoms with Crippen molar-refractivity contribution in [3.63, 3.8) is 0 Å². The summed E-state index contributed by atoms with van der Waals surface area (Å²) in [4.78, 5) is 14.6. The molecule has 1 amide bonds. The first-order valence-electron chi connectivity index (χ1n) is 10.9. The molecule has 11 heteroatoms. The summed E-state index contributed by atoms with van der Waals surface area (Å²) in [6.45, 7) is 4.77. The van der Waals surface area contributed by atoms with Gasteiger partial charge in [0.15, 0.2) is 5.69 Å². The summed E-state index contributed by atoms with van der Waals surface area (Å²) in [5.41, 5.74) is 0.0332. The lowest BCUT2D eigenvalue weighted by Gasteiger charge is -2.17. The zero-order valence-electron chi connectivity index (χ0n) is 18.2. The van der Waals surface area contributed by atoms with E-state index in [0.717, 1.165) is 6.42 Å². The molecule has 2 aliphatic heterocycles. The van der Waals surface area contributed by atoms with Gasteiger partial charge in [-0.05, 0) is 42.7 Å². The first-order valence-corrected chi connectivity index (χ1v) is 10.9. The number of benzene rings is 1. The van der Waals surface area contributed by atoms with Crippen molar-refractivity contribution >= 4 is 11.9 Å². The van der Waals surface area contributed by atoms with E-state index < -0.39 is 11.9 Å². The quantitative estimate of drug-likeness (QED) is 0.656. The molecule has 2 saturated heterocycles. The van der Waals surface area contributed by atoms with Crippen LogP contribution in [0.2, 0.25) is 0 Å². The van der Waals surface area contributed by atoms with Gasteiger partial charge in [-0.1, -0.05) is 0 Å². The number of ether oxygens (including phenoxy) is 2. The Kier molecular flexibility index (Phi) is 6.59. The summed E-state index contributed by atoms with van der Waals surface area (Å²) in [6, 6.07) is 4.72. The predicted octanol–water partition coefficient (Wildman–Crippen LogP) is 3.12. The Morgan fingerprint density at radius 2 is 2.12 bits per heavy atom. The van der Waals surface area contributed by atoms with E-state index in [4.69, 9.17) is 14.9 Å². The molecule has 33 heavy (non-hydrogen) atoms. The molecule has 2 N–H and O–H groups in total. The monoisotopic (exact) mass is 465 g/mol. The minimum Gasteiger partial charge on any atom is -0.463 e. The van der Waals surface area contributed by atoms with Crippen LogP contribution < -0.4 is 5.32 Å². The molecule has 1 unspecified atom stereocenters. The van der Waals surface area contributed by atoms with Crippen LogP contribution >= 0.6 is 0 Å². The Bertz CT molecular complexity index is 1030. The summed E-state index contributed by atoms with van der Waals surface area (Å²) < 4.78 is 52.8. The first-order chi connectivity index (χ1) is 15.7. The number of amidine groups is 1. The largest absolute Gasteiger partial charge is 0.463 e. The highest BCUT2D eigenvalue weighted by Gasteiger charge is 2.37. The number of aryl methyl sites for hydroxylation is 1. The second-order valence-electron chi connectivity index (χ2n) is 8.18. The van der Waals surface area contributed by atoms with E-state index >= 15 is 0 Å². The molecule has 0 bridgehead atoms. The van der Waals surface area contributed by atoms with Crippen molar-refractivity contribution in [1.29, 1.82) is 5.41 Å². The van der Waals surface area contributed by atoms with E-state index in [9.17, 15) is 18.0 Å². The molecule has 0 spiro atoms. The molecule has 3 heterocycles. The number of nitrogens with one attached hydrogen (secondary N) is 2. The third kappa shape index (κ3) is 5.29. The van der Waals surface area contributed by atoms with Crippen LogP contribution in [0.3, 0.4) is 0 Å². The number of carbonyl (C=O) groups is 1. The van der Waals surface area contributed by atoms with Gasteiger partial charge in [-0.3, -0.25) is 14.9 Å². The standard InChI is InChI=1S/C22H26F3N5O3/c1-2-30-12-18(19(28-30)22(23,24)25)16-7-15(11-29-4-6-33-21(29)26)8-17(9-16)20(31)27-10-14-3-5-32-13-14/h7-9,12,14,26H,2-6,10-11,13H2,1H3,(H,27,31). The lowest BCUT2D eigenvalue weighted by molar-refractivity contribution is -0.141. The van der Waals surface area contributed by atoms with Crippen molar-refractivity contribution in [2.45, 2.75) is 32.6 Å². The van der Waals surface area contributed by atoms with E-state index in [1.165, 1.54) is 16.9 Å². The summed E-state index contributed by atoms with van der Waals surface area (Å²) in [5.74, 6) is -0.146. The smallest absolute Gasteiger partial charge is 0.435 e. The Morgan fingerprint density at radius 3 is 2.76 bits per heavy atom. The molecular weight excluding hydrogens is 439 g/mol. The van der Waals surface area contributed by atoms with Crippen LogP contribution in [0, 0.1) is 11.3 Å². The van der Waals surface area contributed by atoms with Crippen molar-refractivity contribution in [2.75, 3.05) is 32.9 Å². The van der Waals surface area contributed by atoms with Crippen molar-refractivity contribution in [3.8, 4) is 11.1 Å². The molecule has 4 rings (SSSR count). The molecule has 2 aliphatic rings. The van der Waals surface area contributed by atoms with Crippen LogP contribution in [0.5, 0.6) is 0 Å². The minimum absolute atomic E-state index is 0.00224. The zero-order chi connectivity index (χ0) is 23.6. The number of nitrogens with zero attached hydrogens (tertiary/aromatic N) is 3. The maximum atomic E-state index is 13.7. The second kappa shape index (κ2) is 9.42. The lowest BCUT2D eigenvalue weighted by atomic mass is 9.99. The molecule has 0 radical (unpaired) electrons. The molecule has 2 fully saturated rings. The summed E-state index contributed by atoms with van der Waals surface area (Å²) >= 11 is 0. The normalized spacial score (nSPS) is 18.6. The van der Waals surface area contributed by atoms with Crippen molar-refractivity contribution in [1.82, 2.24) is 20.0 Å². The Labute approximate surface area is 189 Å². The average molecular weight is 465 g/mol. The highest BCUT2D eigenvalue weighted by atomic mass is 19.4. The van der Waals surface area contributed by atoms with Crippen LogP contribution in [0.15, 0.2) is 24.4 Å². The summed E-state index contributed by atoms with van der Waals surface area (Å²) in [7, 11) is 0. The number of rotatable bonds is 7. The molecule has 0 aliphatic carbocycles. The molecule has 8 nitrogen and oxygen atoms in total. The fourth-order valence-electron chi connectivity index (χ4n) is 3.97. The van der Waals surface area contributed by atoms with Crippen LogP contribution in [0.25, 0.3) is 11.1 Å². The van der Waals surface area contributed by atoms with Crippen LogP contribution in [0.4, 0.5) is 13.2 Å². The number of hydrogen-bond donors (Lipinski definition) is 2. The molecule has 2 aromatic rings. The van der Waals surface area contributed by atoms with Crippen molar-refractivity contribution in [3.05, 3.63) is 41.2 Å². The molecule has 1 aromatic carbocycles. The Morgan fingerprint density at radius 1 is 1.30 bits per heavy atom. The second-order valence-corrected chi connectivity index (χ2v) is 8.18. The highest BCUT2D eigenvalue weighted by molar-refractivity contribution is 5.96. The number of carbonyl (C=O) groups excluding carboxylic acids is 1. The predicted molar refractivity (Wildman–Crippen MR) is 114 cm³/mol. The number of aromatic nitrogens is 2. The summed E-state index contributed by atoms with van der Waals surface area (Å²) in [5, 5.41) is 14.4. The van der Waals surface area contributed by atoms with Gasteiger partial charge in [0.2, 0.25) is 0 Å². The van der Waals surface area contributed by atoms with E-state index in [0.29, 0.717) is 38.5 Å². The van der Waals surface area contributed by atoms with E-state index in [2.05, 4.69) is 10.4 Å². The lowest BCUT2D eigenvalue weighted by Crippen LogP contribution is -2.30. The third-order valence-electron chi connectivity index (χ3n) is 5.76. The van der Waals surface area contributed by atoms with Crippen LogP contribution in [-0.4, -0.2) is 59.5 Å². The molecule has 1 aromatic heterocycles. The van der Waals surface area contributed by atoms with Crippen LogP contribution in [0.1, 0.15) is 35.0 Å².